The van der Waals surface area contributed by atoms with E-state index in [4.69, 9.17) is 16.6 Å². The minimum absolute atomic E-state index is 0.0325. The molecule has 1 aromatic rings. The van der Waals surface area contributed by atoms with E-state index < -0.39 is 17.3 Å². The highest BCUT2D eigenvalue weighted by Crippen LogP contribution is 2.21. The molecule has 5 N–H and O–H groups in total. The van der Waals surface area contributed by atoms with Crippen LogP contribution in [0.4, 0.5) is 10.1 Å². The smallest absolute Gasteiger partial charge is 0.328 e. The number of hydrogen-bond acceptors (Lipinski definition) is 3. The Balaban J connectivity index is 3.21. The normalized spacial score (nSPS) is 14.8. The zero-order valence-corrected chi connectivity index (χ0v) is 7.62. The van der Waals surface area contributed by atoms with Crippen molar-refractivity contribution >= 4 is 11.7 Å². The summed E-state index contributed by atoms with van der Waals surface area (Å²) in [4.78, 5) is 10.7. The van der Waals surface area contributed by atoms with E-state index in [-0.39, 0.29) is 11.3 Å². The lowest BCUT2D eigenvalue weighted by Crippen LogP contribution is -2.41. The first-order valence-corrected chi connectivity index (χ1v) is 3.93. The van der Waals surface area contributed by atoms with E-state index in [0.29, 0.717) is 0 Å². The van der Waals surface area contributed by atoms with Crippen molar-refractivity contribution < 1.29 is 14.3 Å². The van der Waals surface area contributed by atoms with Crippen LogP contribution in [0.25, 0.3) is 0 Å². The van der Waals surface area contributed by atoms with Crippen LogP contribution < -0.4 is 11.5 Å². The molecule has 14 heavy (non-hydrogen) atoms. The van der Waals surface area contributed by atoms with Gasteiger partial charge in [0.2, 0.25) is 0 Å². The minimum Gasteiger partial charge on any atom is -0.480 e. The molecule has 76 valence electrons. The number of hydrogen-bond donors (Lipinski definition) is 3. The van der Waals surface area contributed by atoms with E-state index >= 15 is 0 Å². The average Bonchev–Trinajstić information content (AvgIpc) is 2.09. The van der Waals surface area contributed by atoms with Crippen molar-refractivity contribution in [1.29, 1.82) is 0 Å². The van der Waals surface area contributed by atoms with Crippen molar-refractivity contribution in [3.05, 3.63) is 29.6 Å². The van der Waals surface area contributed by atoms with Gasteiger partial charge in [-0.05, 0) is 24.6 Å². The summed E-state index contributed by atoms with van der Waals surface area (Å²) in [5, 5.41) is 8.78. The molecule has 0 radical (unpaired) electrons. The van der Waals surface area contributed by atoms with Gasteiger partial charge in [-0.1, -0.05) is 6.07 Å². The van der Waals surface area contributed by atoms with Gasteiger partial charge < -0.3 is 16.6 Å². The van der Waals surface area contributed by atoms with Crippen LogP contribution in [0.3, 0.4) is 0 Å². The Hall–Kier alpha value is -1.62. The molecule has 1 aromatic carbocycles. The lowest BCUT2D eigenvalue weighted by molar-refractivity contribution is -0.143. The Morgan fingerprint density at radius 1 is 1.57 bits per heavy atom. The fourth-order valence-electron chi connectivity index (χ4n) is 0.974. The molecule has 0 amide bonds. The second-order valence-electron chi connectivity index (χ2n) is 3.24. The van der Waals surface area contributed by atoms with E-state index in [1.54, 1.807) is 0 Å². The lowest BCUT2D eigenvalue weighted by atomic mass is 9.93. The Bertz CT molecular complexity index is 377. The maximum absolute atomic E-state index is 13.0. The zero-order chi connectivity index (χ0) is 10.9. The van der Waals surface area contributed by atoms with E-state index in [1.807, 2.05) is 0 Å². The Morgan fingerprint density at radius 2 is 2.14 bits per heavy atom. The number of carbonyl (C=O) groups is 1. The summed E-state index contributed by atoms with van der Waals surface area (Å²) in [7, 11) is 0. The summed E-state index contributed by atoms with van der Waals surface area (Å²) >= 11 is 0. The highest BCUT2D eigenvalue weighted by molar-refractivity contribution is 5.80. The number of anilines is 1. The molecule has 4 nitrogen and oxygen atoms in total. The predicted octanol–water partition coefficient (Wildman–Crippen LogP) is 0.666. The van der Waals surface area contributed by atoms with Crippen LogP contribution in [0.15, 0.2) is 18.2 Å². The third-order valence-electron chi connectivity index (χ3n) is 2.04. The van der Waals surface area contributed by atoms with Crippen molar-refractivity contribution in [1.82, 2.24) is 0 Å². The Morgan fingerprint density at radius 3 is 2.57 bits per heavy atom. The first-order chi connectivity index (χ1) is 6.35. The molecule has 0 saturated heterocycles. The SMILES string of the molecule is CC(N)(C(=O)O)c1ccc(N)c(F)c1. The molecule has 0 heterocycles. The van der Waals surface area contributed by atoms with Gasteiger partial charge in [0.15, 0.2) is 0 Å². The van der Waals surface area contributed by atoms with Gasteiger partial charge in [-0.25, -0.2) is 9.18 Å². The van der Waals surface area contributed by atoms with Gasteiger partial charge in [0.25, 0.3) is 0 Å². The highest BCUT2D eigenvalue weighted by Gasteiger charge is 2.30. The number of benzene rings is 1. The number of carboxylic acid groups (broad SMARTS) is 1. The van der Waals surface area contributed by atoms with Gasteiger partial charge in [-0.3, -0.25) is 0 Å². The second-order valence-corrected chi connectivity index (χ2v) is 3.24. The summed E-state index contributed by atoms with van der Waals surface area (Å²) in [6.45, 7) is 1.29. The number of nitrogen functional groups attached to an aromatic ring is 1. The molecule has 0 aromatic heterocycles. The number of rotatable bonds is 2. The summed E-state index contributed by atoms with van der Waals surface area (Å²) in [6, 6.07) is 3.72. The average molecular weight is 198 g/mol. The van der Waals surface area contributed by atoms with Gasteiger partial charge in [0.1, 0.15) is 11.4 Å². The monoisotopic (exact) mass is 198 g/mol. The van der Waals surface area contributed by atoms with E-state index in [0.717, 1.165) is 6.07 Å². The molecular formula is C9H11FN2O2. The predicted molar refractivity (Wildman–Crippen MR) is 50.0 cm³/mol. The van der Waals surface area contributed by atoms with Crippen molar-refractivity contribution in [2.45, 2.75) is 12.5 Å². The molecule has 0 aliphatic rings. The van der Waals surface area contributed by atoms with Crippen molar-refractivity contribution in [2.24, 2.45) is 5.73 Å². The van der Waals surface area contributed by atoms with Gasteiger partial charge >= 0.3 is 5.97 Å². The van der Waals surface area contributed by atoms with Gasteiger partial charge in [-0.2, -0.15) is 0 Å². The summed E-state index contributed by atoms with van der Waals surface area (Å²) in [5.41, 5.74) is 9.28. The van der Waals surface area contributed by atoms with Crippen LogP contribution in [0, 0.1) is 5.82 Å². The van der Waals surface area contributed by atoms with Crippen LogP contribution >= 0.6 is 0 Å². The van der Waals surface area contributed by atoms with Gasteiger partial charge in [0, 0.05) is 0 Å². The molecule has 0 saturated carbocycles. The zero-order valence-electron chi connectivity index (χ0n) is 7.62. The minimum atomic E-state index is -1.60. The molecule has 1 atom stereocenters. The summed E-state index contributed by atoms with van der Waals surface area (Å²) in [6.07, 6.45) is 0. The lowest BCUT2D eigenvalue weighted by Gasteiger charge is -2.19. The molecule has 0 spiro atoms. The fourth-order valence-corrected chi connectivity index (χ4v) is 0.974. The summed E-state index contributed by atoms with van der Waals surface area (Å²) < 4.78 is 13.0. The first-order valence-electron chi connectivity index (χ1n) is 3.93. The third-order valence-corrected chi connectivity index (χ3v) is 2.04. The number of carboxylic acids is 1. The molecule has 0 fully saturated rings. The van der Waals surface area contributed by atoms with Crippen LogP contribution in [-0.2, 0) is 10.3 Å². The number of nitrogens with two attached hydrogens (primary N) is 2. The van der Waals surface area contributed by atoms with E-state index in [1.165, 1.54) is 19.1 Å². The van der Waals surface area contributed by atoms with Crippen LogP contribution in [-0.4, -0.2) is 11.1 Å². The maximum Gasteiger partial charge on any atom is 0.328 e. The molecular weight excluding hydrogens is 187 g/mol. The third kappa shape index (κ3) is 1.67. The fraction of sp³-hybridized carbons (Fsp3) is 0.222. The van der Waals surface area contributed by atoms with E-state index in [2.05, 4.69) is 0 Å². The van der Waals surface area contributed by atoms with Crippen molar-refractivity contribution in [3.8, 4) is 0 Å². The molecule has 1 rings (SSSR count). The molecule has 0 bridgehead atoms. The number of halogens is 1. The molecule has 0 aliphatic heterocycles. The second kappa shape index (κ2) is 3.26. The first kappa shape index (κ1) is 10.5. The summed E-state index contributed by atoms with van der Waals surface area (Å²) in [5.74, 6) is -1.89. The van der Waals surface area contributed by atoms with Gasteiger partial charge in [-0.15, -0.1) is 0 Å². The topological polar surface area (TPSA) is 89.3 Å². The van der Waals surface area contributed by atoms with Crippen LogP contribution in [0.1, 0.15) is 12.5 Å². The maximum atomic E-state index is 13.0. The molecule has 0 aliphatic carbocycles. The Kier molecular flexibility index (Phi) is 2.44. The van der Waals surface area contributed by atoms with Crippen molar-refractivity contribution in [2.75, 3.05) is 5.73 Å². The van der Waals surface area contributed by atoms with E-state index in [9.17, 15) is 9.18 Å². The van der Waals surface area contributed by atoms with Crippen LogP contribution in [0.5, 0.6) is 0 Å². The highest BCUT2D eigenvalue weighted by atomic mass is 19.1. The largest absolute Gasteiger partial charge is 0.480 e. The molecule has 5 heteroatoms. The standard InChI is InChI=1S/C9H11FN2O2/c1-9(12,8(13)14)5-2-3-7(11)6(10)4-5/h2-4H,11-12H2,1H3,(H,13,14). The quantitative estimate of drug-likeness (QED) is 0.609. The number of aliphatic carboxylic acids is 1. The van der Waals surface area contributed by atoms with Crippen molar-refractivity contribution in [3.63, 3.8) is 0 Å². The molecule has 1 unspecified atom stereocenters. The van der Waals surface area contributed by atoms with Gasteiger partial charge in [0.05, 0.1) is 5.69 Å². The Labute approximate surface area is 80.3 Å². The van der Waals surface area contributed by atoms with Crippen LogP contribution in [0.2, 0.25) is 0 Å².